The second-order valence-corrected chi connectivity index (χ2v) is 4.66. The Labute approximate surface area is 102 Å². The van der Waals surface area contributed by atoms with Crippen molar-refractivity contribution < 1.29 is 4.74 Å². The van der Waals surface area contributed by atoms with Crippen molar-refractivity contribution in [1.82, 2.24) is 5.32 Å². The zero-order valence-corrected chi connectivity index (χ0v) is 10.3. The van der Waals surface area contributed by atoms with Crippen LogP contribution in [0.1, 0.15) is 0 Å². The van der Waals surface area contributed by atoms with Crippen molar-refractivity contribution in [2.45, 2.75) is 0 Å². The molecule has 2 aliphatic heterocycles. The number of hydrogen-bond donors (Lipinski definition) is 1. The lowest BCUT2D eigenvalue weighted by atomic mass is 10.2. The second kappa shape index (κ2) is 4.45. The van der Waals surface area contributed by atoms with Crippen molar-refractivity contribution in [3.63, 3.8) is 0 Å². The molecule has 4 heteroatoms. The first-order valence-corrected chi connectivity index (χ1v) is 6.28. The first-order valence-electron chi connectivity index (χ1n) is 6.28. The van der Waals surface area contributed by atoms with Crippen LogP contribution in [0.25, 0.3) is 0 Å². The fourth-order valence-corrected chi connectivity index (χ4v) is 2.46. The third kappa shape index (κ3) is 2.05. The fraction of sp³-hybridized carbons (Fsp3) is 0.538. The number of hydrogen-bond acceptors (Lipinski definition) is 4. The van der Waals surface area contributed by atoms with E-state index in [-0.39, 0.29) is 0 Å². The van der Waals surface area contributed by atoms with E-state index in [1.165, 1.54) is 11.4 Å². The van der Waals surface area contributed by atoms with Crippen LogP contribution in [0.3, 0.4) is 0 Å². The average molecular weight is 233 g/mol. The predicted octanol–water partition coefficient (Wildman–Crippen LogP) is 0.925. The molecular weight excluding hydrogens is 214 g/mol. The van der Waals surface area contributed by atoms with Gasteiger partial charge in [0.1, 0.15) is 12.4 Å². The van der Waals surface area contributed by atoms with E-state index in [1.807, 2.05) is 0 Å². The van der Waals surface area contributed by atoms with Gasteiger partial charge >= 0.3 is 0 Å². The van der Waals surface area contributed by atoms with Gasteiger partial charge in [-0.1, -0.05) is 0 Å². The SMILES string of the molecule is CN1CCOc2ccc(N3CCNCC3)cc21. The molecule has 1 aromatic rings. The number of fused-ring (bicyclic) bond motifs is 1. The van der Waals surface area contributed by atoms with Crippen LogP contribution in [0.5, 0.6) is 5.75 Å². The summed E-state index contributed by atoms with van der Waals surface area (Å²) in [6, 6.07) is 6.52. The van der Waals surface area contributed by atoms with Crippen molar-refractivity contribution >= 4 is 11.4 Å². The lowest BCUT2D eigenvalue weighted by Crippen LogP contribution is -2.43. The maximum atomic E-state index is 5.66. The fourth-order valence-electron chi connectivity index (χ4n) is 2.46. The number of rotatable bonds is 1. The van der Waals surface area contributed by atoms with Gasteiger partial charge in [-0.15, -0.1) is 0 Å². The number of anilines is 2. The van der Waals surface area contributed by atoms with Gasteiger partial charge in [0.05, 0.1) is 12.2 Å². The van der Waals surface area contributed by atoms with Gasteiger partial charge in [0.25, 0.3) is 0 Å². The maximum Gasteiger partial charge on any atom is 0.142 e. The molecule has 1 aromatic carbocycles. The first-order chi connectivity index (χ1) is 8.34. The normalized spacial score (nSPS) is 19.8. The molecule has 3 rings (SSSR count). The highest BCUT2D eigenvalue weighted by atomic mass is 16.5. The zero-order valence-electron chi connectivity index (χ0n) is 10.3. The summed E-state index contributed by atoms with van der Waals surface area (Å²) in [7, 11) is 2.13. The number of nitrogens with zero attached hydrogens (tertiary/aromatic N) is 2. The summed E-state index contributed by atoms with van der Waals surface area (Å²) >= 11 is 0. The van der Waals surface area contributed by atoms with E-state index in [2.05, 4.69) is 40.4 Å². The Morgan fingerprint density at radius 2 is 2.00 bits per heavy atom. The molecule has 1 saturated heterocycles. The lowest BCUT2D eigenvalue weighted by molar-refractivity contribution is 0.311. The van der Waals surface area contributed by atoms with E-state index >= 15 is 0 Å². The summed E-state index contributed by atoms with van der Waals surface area (Å²) in [6.07, 6.45) is 0. The summed E-state index contributed by atoms with van der Waals surface area (Å²) in [5.41, 5.74) is 2.52. The van der Waals surface area contributed by atoms with Gasteiger partial charge in [0, 0.05) is 38.9 Å². The van der Waals surface area contributed by atoms with Gasteiger partial charge in [0.15, 0.2) is 0 Å². The van der Waals surface area contributed by atoms with Crippen molar-refractivity contribution in [2.24, 2.45) is 0 Å². The second-order valence-electron chi connectivity index (χ2n) is 4.66. The molecule has 92 valence electrons. The summed E-state index contributed by atoms with van der Waals surface area (Å²) in [6.45, 7) is 6.08. The maximum absolute atomic E-state index is 5.66. The van der Waals surface area contributed by atoms with Crippen LogP contribution >= 0.6 is 0 Å². The van der Waals surface area contributed by atoms with Gasteiger partial charge in [0.2, 0.25) is 0 Å². The zero-order chi connectivity index (χ0) is 11.7. The Balaban J connectivity index is 1.88. The molecule has 0 atom stereocenters. The Bertz CT molecular complexity index is 402. The van der Waals surface area contributed by atoms with E-state index < -0.39 is 0 Å². The van der Waals surface area contributed by atoms with Crippen molar-refractivity contribution in [1.29, 1.82) is 0 Å². The lowest BCUT2D eigenvalue weighted by Gasteiger charge is -2.32. The van der Waals surface area contributed by atoms with E-state index in [0.717, 1.165) is 45.1 Å². The number of likely N-dealkylation sites (N-methyl/N-ethyl adjacent to an activating group) is 1. The number of benzene rings is 1. The molecule has 0 amide bonds. The highest BCUT2D eigenvalue weighted by molar-refractivity contribution is 5.67. The molecule has 2 aliphatic rings. The van der Waals surface area contributed by atoms with E-state index in [1.54, 1.807) is 0 Å². The monoisotopic (exact) mass is 233 g/mol. The molecule has 2 heterocycles. The Morgan fingerprint density at radius 1 is 1.18 bits per heavy atom. The van der Waals surface area contributed by atoms with Crippen LogP contribution in [0.15, 0.2) is 18.2 Å². The molecule has 0 radical (unpaired) electrons. The minimum absolute atomic E-state index is 0.788. The molecule has 0 bridgehead atoms. The molecule has 1 N–H and O–H groups in total. The minimum Gasteiger partial charge on any atom is -0.490 e. The van der Waals surface area contributed by atoms with Crippen molar-refractivity contribution in [3.8, 4) is 5.75 Å². The Kier molecular flexibility index (Phi) is 2.81. The van der Waals surface area contributed by atoms with Crippen molar-refractivity contribution in [2.75, 3.05) is 56.2 Å². The van der Waals surface area contributed by atoms with Crippen LogP contribution in [-0.4, -0.2) is 46.4 Å². The number of piperazine rings is 1. The van der Waals surface area contributed by atoms with Crippen LogP contribution in [-0.2, 0) is 0 Å². The molecule has 4 nitrogen and oxygen atoms in total. The van der Waals surface area contributed by atoms with E-state index in [0.29, 0.717) is 0 Å². The Hall–Kier alpha value is -1.42. The van der Waals surface area contributed by atoms with E-state index in [9.17, 15) is 0 Å². The average Bonchev–Trinajstić information content (AvgIpc) is 2.40. The molecule has 0 aromatic heterocycles. The summed E-state index contributed by atoms with van der Waals surface area (Å²) in [5.74, 6) is 1.01. The molecule has 17 heavy (non-hydrogen) atoms. The van der Waals surface area contributed by atoms with Gasteiger partial charge in [-0.3, -0.25) is 0 Å². The molecule has 0 spiro atoms. The van der Waals surface area contributed by atoms with Gasteiger partial charge in [-0.2, -0.15) is 0 Å². The largest absolute Gasteiger partial charge is 0.490 e. The topological polar surface area (TPSA) is 27.7 Å². The molecule has 0 saturated carbocycles. The van der Waals surface area contributed by atoms with Gasteiger partial charge in [-0.05, 0) is 18.2 Å². The van der Waals surface area contributed by atoms with Crippen LogP contribution < -0.4 is 19.9 Å². The van der Waals surface area contributed by atoms with Gasteiger partial charge < -0.3 is 19.9 Å². The Morgan fingerprint density at radius 3 is 2.82 bits per heavy atom. The summed E-state index contributed by atoms with van der Waals surface area (Å²) in [5, 5.41) is 3.38. The summed E-state index contributed by atoms with van der Waals surface area (Å²) < 4.78 is 5.66. The van der Waals surface area contributed by atoms with Crippen molar-refractivity contribution in [3.05, 3.63) is 18.2 Å². The summed E-state index contributed by atoms with van der Waals surface area (Å²) in [4.78, 5) is 4.70. The van der Waals surface area contributed by atoms with Crippen LogP contribution in [0.4, 0.5) is 11.4 Å². The van der Waals surface area contributed by atoms with Gasteiger partial charge in [-0.25, -0.2) is 0 Å². The molecule has 1 fully saturated rings. The number of nitrogens with one attached hydrogen (secondary N) is 1. The number of ether oxygens (including phenoxy) is 1. The van der Waals surface area contributed by atoms with Crippen LogP contribution in [0, 0.1) is 0 Å². The quantitative estimate of drug-likeness (QED) is 0.781. The first kappa shape index (κ1) is 10.7. The highest BCUT2D eigenvalue weighted by Gasteiger charge is 2.17. The minimum atomic E-state index is 0.788. The standard InChI is InChI=1S/C13H19N3O/c1-15-8-9-17-13-3-2-11(10-12(13)15)16-6-4-14-5-7-16/h2-3,10,14H,4-9H2,1H3. The predicted molar refractivity (Wildman–Crippen MR) is 70.3 cm³/mol. The molecule has 0 aliphatic carbocycles. The highest BCUT2D eigenvalue weighted by Crippen LogP contribution is 2.34. The molecular formula is C13H19N3O. The van der Waals surface area contributed by atoms with E-state index in [4.69, 9.17) is 4.74 Å². The molecule has 0 unspecified atom stereocenters. The third-order valence-corrected chi connectivity index (χ3v) is 3.52. The van der Waals surface area contributed by atoms with Crippen LogP contribution in [0.2, 0.25) is 0 Å². The smallest absolute Gasteiger partial charge is 0.142 e. The third-order valence-electron chi connectivity index (χ3n) is 3.52.